The van der Waals surface area contributed by atoms with Crippen molar-refractivity contribution in [3.63, 3.8) is 0 Å². The van der Waals surface area contributed by atoms with Gasteiger partial charge in [0.15, 0.2) is 5.76 Å². The van der Waals surface area contributed by atoms with Crippen LogP contribution < -0.4 is 11.1 Å². The molecule has 6 nitrogen and oxygen atoms in total. The van der Waals surface area contributed by atoms with Crippen molar-refractivity contribution in [3.8, 4) is 11.3 Å². The monoisotopic (exact) mass is 309 g/mol. The van der Waals surface area contributed by atoms with Gasteiger partial charge < -0.3 is 15.0 Å². The molecule has 0 fully saturated rings. The van der Waals surface area contributed by atoms with Crippen LogP contribution in [0.1, 0.15) is 20.8 Å². The lowest BCUT2D eigenvalue weighted by Gasteiger charge is -2.19. The van der Waals surface area contributed by atoms with Crippen molar-refractivity contribution in [1.82, 2.24) is 5.16 Å². The van der Waals surface area contributed by atoms with E-state index in [0.717, 1.165) is 0 Å². The number of benzene rings is 1. The van der Waals surface area contributed by atoms with Crippen molar-refractivity contribution in [2.45, 2.75) is 26.4 Å². The van der Waals surface area contributed by atoms with Gasteiger partial charge in [0.2, 0.25) is 0 Å². The Morgan fingerprint density at radius 1 is 1.43 bits per heavy atom. The van der Waals surface area contributed by atoms with E-state index in [1.165, 1.54) is 6.20 Å². The van der Waals surface area contributed by atoms with Gasteiger partial charge in [-0.2, -0.15) is 0 Å². The molecule has 0 unspecified atom stereocenters. The van der Waals surface area contributed by atoms with E-state index >= 15 is 0 Å². The maximum Gasteiger partial charge on any atom is 0.412 e. The van der Waals surface area contributed by atoms with Crippen molar-refractivity contribution < 1.29 is 14.1 Å². The fourth-order valence-electron chi connectivity index (χ4n) is 1.65. The normalized spacial score (nSPS) is 11.2. The number of amides is 1. The molecule has 0 radical (unpaired) electrons. The Hall–Kier alpha value is -2.21. The first-order valence-corrected chi connectivity index (χ1v) is 6.64. The molecule has 1 heterocycles. The number of hydrogen-bond acceptors (Lipinski definition) is 5. The molecule has 0 bridgehead atoms. The molecule has 2 rings (SSSR count). The second-order valence-electron chi connectivity index (χ2n) is 5.43. The lowest BCUT2D eigenvalue weighted by atomic mass is 10.1. The van der Waals surface area contributed by atoms with Gasteiger partial charge in [-0.25, -0.2) is 4.79 Å². The van der Waals surface area contributed by atoms with Crippen molar-refractivity contribution >= 4 is 29.1 Å². The van der Waals surface area contributed by atoms with Gasteiger partial charge in [0.1, 0.15) is 11.3 Å². The molecular formula is C14H16ClN3O3. The highest BCUT2D eigenvalue weighted by molar-refractivity contribution is 6.33. The highest BCUT2D eigenvalue weighted by Gasteiger charge is 2.17. The maximum absolute atomic E-state index is 11.7. The summed E-state index contributed by atoms with van der Waals surface area (Å²) >= 11 is 6.17. The number of anilines is 2. The van der Waals surface area contributed by atoms with E-state index in [4.69, 9.17) is 26.6 Å². The Bertz CT molecular complexity index is 662. The molecule has 0 saturated heterocycles. The molecule has 0 saturated carbocycles. The van der Waals surface area contributed by atoms with E-state index in [1.807, 2.05) is 0 Å². The van der Waals surface area contributed by atoms with Gasteiger partial charge in [-0.15, -0.1) is 0 Å². The van der Waals surface area contributed by atoms with Crippen LogP contribution in [0.5, 0.6) is 0 Å². The lowest BCUT2D eigenvalue weighted by Crippen LogP contribution is -2.27. The molecule has 2 aromatic rings. The molecule has 1 amide bonds. The smallest absolute Gasteiger partial charge is 0.412 e. The van der Waals surface area contributed by atoms with Crippen LogP contribution in [0.25, 0.3) is 11.3 Å². The number of nitrogen functional groups attached to an aromatic ring is 1. The van der Waals surface area contributed by atoms with E-state index in [2.05, 4.69) is 10.5 Å². The molecule has 1 aromatic carbocycles. The highest BCUT2D eigenvalue weighted by Crippen LogP contribution is 2.33. The van der Waals surface area contributed by atoms with Crippen LogP contribution in [0, 0.1) is 0 Å². The maximum atomic E-state index is 11.7. The molecule has 1 aromatic heterocycles. The molecule has 0 aliphatic rings. The van der Waals surface area contributed by atoms with Crippen LogP contribution in [0.2, 0.25) is 5.02 Å². The summed E-state index contributed by atoms with van der Waals surface area (Å²) in [6.45, 7) is 5.36. The number of nitrogens with zero attached hydrogens (tertiary/aromatic N) is 1. The minimum absolute atomic E-state index is 0.381. The molecule has 0 aliphatic carbocycles. The molecule has 112 valence electrons. The summed E-state index contributed by atoms with van der Waals surface area (Å²) in [5, 5.41) is 6.59. The van der Waals surface area contributed by atoms with Crippen LogP contribution in [-0.2, 0) is 4.74 Å². The number of halogens is 1. The topological polar surface area (TPSA) is 90.4 Å². The Morgan fingerprint density at radius 2 is 2.14 bits per heavy atom. The van der Waals surface area contributed by atoms with E-state index in [9.17, 15) is 4.79 Å². The third-order valence-electron chi connectivity index (χ3n) is 2.46. The molecule has 21 heavy (non-hydrogen) atoms. The zero-order chi connectivity index (χ0) is 15.6. The van der Waals surface area contributed by atoms with Crippen molar-refractivity contribution in [2.24, 2.45) is 0 Å². The van der Waals surface area contributed by atoms with Crippen LogP contribution in [0.3, 0.4) is 0 Å². The molecule has 3 N–H and O–H groups in total. The average Bonchev–Trinajstić information content (AvgIpc) is 2.73. The second kappa shape index (κ2) is 5.65. The lowest BCUT2D eigenvalue weighted by molar-refractivity contribution is 0.0636. The first kappa shape index (κ1) is 15.2. The third-order valence-corrected chi connectivity index (χ3v) is 2.77. The zero-order valence-electron chi connectivity index (χ0n) is 11.9. The molecule has 7 heteroatoms. The van der Waals surface area contributed by atoms with Crippen LogP contribution in [0.15, 0.2) is 28.9 Å². The summed E-state index contributed by atoms with van der Waals surface area (Å²) in [6.07, 6.45) is 0.851. The largest absolute Gasteiger partial charge is 0.444 e. The van der Waals surface area contributed by atoms with Crippen LogP contribution in [-0.4, -0.2) is 16.9 Å². The van der Waals surface area contributed by atoms with Crippen LogP contribution >= 0.6 is 11.6 Å². The summed E-state index contributed by atoms with van der Waals surface area (Å²) in [5.41, 5.74) is 6.66. The molecule has 0 spiro atoms. The predicted octanol–water partition coefficient (Wildman–Crippen LogP) is 3.92. The highest BCUT2D eigenvalue weighted by atomic mass is 35.5. The predicted molar refractivity (Wildman–Crippen MR) is 81.2 cm³/mol. The molecule has 0 atom stereocenters. The van der Waals surface area contributed by atoms with Gasteiger partial charge in [-0.3, -0.25) is 5.32 Å². The summed E-state index contributed by atoms with van der Waals surface area (Å²) < 4.78 is 10.2. The molecular weight excluding hydrogens is 294 g/mol. The van der Waals surface area contributed by atoms with E-state index < -0.39 is 11.7 Å². The summed E-state index contributed by atoms with van der Waals surface area (Å²) in [6, 6.07) is 4.95. The van der Waals surface area contributed by atoms with E-state index in [0.29, 0.717) is 27.7 Å². The average molecular weight is 310 g/mol. The fraction of sp³-hybridized carbons (Fsp3) is 0.286. The van der Waals surface area contributed by atoms with Gasteiger partial charge in [0, 0.05) is 11.3 Å². The third kappa shape index (κ3) is 3.88. The number of carbonyl (C=O) groups excluding carboxylic acids is 1. The van der Waals surface area contributed by atoms with E-state index in [-0.39, 0.29) is 0 Å². The SMILES string of the molecule is CC(C)(C)OC(=O)Nc1ccc(-c2oncc2N)c(Cl)c1. The van der Waals surface area contributed by atoms with Crippen molar-refractivity contribution in [3.05, 3.63) is 29.4 Å². The van der Waals surface area contributed by atoms with Crippen molar-refractivity contribution in [1.29, 1.82) is 0 Å². The molecule has 0 aliphatic heterocycles. The van der Waals surface area contributed by atoms with Gasteiger partial charge in [0.25, 0.3) is 0 Å². The Morgan fingerprint density at radius 3 is 2.67 bits per heavy atom. The summed E-state index contributed by atoms with van der Waals surface area (Å²) in [5.74, 6) is 0.392. The van der Waals surface area contributed by atoms with Gasteiger partial charge in [-0.1, -0.05) is 16.8 Å². The first-order valence-electron chi connectivity index (χ1n) is 6.26. The minimum Gasteiger partial charge on any atom is -0.444 e. The summed E-state index contributed by atoms with van der Waals surface area (Å²) in [7, 11) is 0. The minimum atomic E-state index is -0.567. The number of aromatic nitrogens is 1. The first-order chi connectivity index (χ1) is 9.76. The fourth-order valence-corrected chi connectivity index (χ4v) is 1.92. The van der Waals surface area contributed by atoms with E-state index in [1.54, 1.807) is 39.0 Å². The standard InChI is InChI=1S/C14H16ClN3O3/c1-14(2,3)20-13(19)18-8-4-5-9(10(15)6-8)12-11(16)7-17-21-12/h4-7H,16H2,1-3H3,(H,18,19). The number of nitrogens with one attached hydrogen (secondary N) is 1. The number of hydrogen-bond donors (Lipinski definition) is 2. The Labute approximate surface area is 127 Å². The van der Waals surface area contributed by atoms with Gasteiger partial charge >= 0.3 is 6.09 Å². The number of rotatable bonds is 2. The summed E-state index contributed by atoms with van der Waals surface area (Å²) in [4.78, 5) is 11.7. The Balaban J connectivity index is 2.17. The number of carbonyl (C=O) groups is 1. The Kier molecular flexibility index (Phi) is 4.09. The van der Waals surface area contributed by atoms with Crippen molar-refractivity contribution in [2.75, 3.05) is 11.1 Å². The number of nitrogens with two attached hydrogens (primary N) is 1. The van der Waals surface area contributed by atoms with Crippen LogP contribution in [0.4, 0.5) is 16.2 Å². The second-order valence-corrected chi connectivity index (χ2v) is 5.84. The zero-order valence-corrected chi connectivity index (χ0v) is 12.7. The van der Waals surface area contributed by atoms with Gasteiger partial charge in [0.05, 0.1) is 11.2 Å². The number of ether oxygens (including phenoxy) is 1. The quantitative estimate of drug-likeness (QED) is 0.877. The van der Waals surface area contributed by atoms with Gasteiger partial charge in [-0.05, 0) is 39.0 Å².